The second-order valence-corrected chi connectivity index (χ2v) is 6.94. The summed E-state index contributed by atoms with van der Waals surface area (Å²) in [7, 11) is 0. The van der Waals surface area contributed by atoms with E-state index in [1.807, 2.05) is 32.0 Å². The molecule has 1 aromatic rings. The van der Waals surface area contributed by atoms with E-state index in [1.165, 1.54) is 10.5 Å². The van der Waals surface area contributed by atoms with Gasteiger partial charge in [-0.1, -0.05) is 44.2 Å². The average molecular weight is 332 g/mol. The van der Waals surface area contributed by atoms with Crippen LogP contribution in [0.25, 0.3) is 0 Å². The standard InChI is InChI=1S/C19H28N2O3/c1-3-11-21(15-17(22)23)18(24)19(2)9-12-20(13-10-19)14-16-7-5-4-6-8-16/h4-8H,3,9-15H2,1-2H3,(H,22,23). The Bertz CT molecular complexity index is 551. The van der Waals surface area contributed by atoms with Crippen molar-refractivity contribution in [1.29, 1.82) is 0 Å². The number of piperidine rings is 1. The van der Waals surface area contributed by atoms with Crippen LogP contribution >= 0.6 is 0 Å². The summed E-state index contributed by atoms with van der Waals surface area (Å²) < 4.78 is 0. The van der Waals surface area contributed by atoms with Crippen LogP contribution in [0.4, 0.5) is 0 Å². The number of amides is 1. The van der Waals surface area contributed by atoms with Gasteiger partial charge in [0, 0.05) is 18.5 Å². The van der Waals surface area contributed by atoms with Crippen LogP contribution in [0.2, 0.25) is 0 Å². The average Bonchev–Trinajstić information content (AvgIpc) is 2.57. The van der Waals surface area contributed by atoms with E-state index in [9.17, 15) is 9.59 Å². The number of hydrogen-bond donors (Lipinski definition) is 1. The van der Waals surface area contributed by atoms with Crippen molar-refractivity contribution in [2.45, 2.75) is 39.7 Å². The second kappa shape index (κ2) is 8.29. The summed E-state index contributed by atoms with van der Waals surface area (Å²) in [4.78, 5) is 27.8. The van der Waals surface area contributed by atoms with Gasteiger partial charge in [-0.05, 0) is 37.9 Å². The predicted octanol–water partition coefficient (Wildman–Crippen LogP) is 2.61. The summed E-state index contributed by atoms with van der Waals surface area (Å²) >= 11 is 0. The highest BCUT2D eigenvalue weighted by molar-refractivity contribution is 5.85. The van der Waals surface area contributed by atoms with Crippen LogP contribution in [0, 0.1) is 5.41 Å². The van der Waals surface area contributed by atoms with Gasteiger partial charge in [-0.25, -0.2) is 0 Å². The fraction of sp³-hybridized carbons (Fsp3) is 0.579. The maximum atomic E-state index is 12.9. The first-order valence-corrected chi connectivity index (χ1v) is 8.72. The number of carbonyl (C=O) groups is 2. The number of rotatable bonds is 7. The van der Waals surface area contributed by atoms with Crippen LogP contribution in [0.15, 0.2) is 30.3 Å². The maximum absolute atomic E-state index is 12.9. The van der Waals surface area contributed by atoms with E-state index in [4.69, 9.17) is 5.11 Å². The summed E-state index contributed by atoms with van der Waals surface area (Å²) in [6, 6.07) is 10.3. The smallest absolute Gasteiger partial charge is 0.323 e. The van der Waals surface area contributed by atoms with Crippen molar-refractivity contribution in [2.75, 3.05) is 26.2 Å². The number of likely N-dealkylation sites (tertiary alicyclic amines) is 1. The lowest BCUT2D eigenvalue weighted by atomic mass is 9.79. The molecule has 0 aromatic heterocycles. The molecule has 132 valence electrons. The number of carboxylic acids is 1. The number of carbonyl (C=O) groups excluding carboxylic acids is 1. The Labute approximate surface area is 144 Å². The summed E-state index contributed by atoms with van der Waals surface area (Å²) in [5.74, 6) is -0.951. The van der Waals surface area contributed by atoms with E-state index in [1.54, 1.807) is 0 Å². The number of carboxylic acid groups (broad SMARTS) is 1. The lowest BCUT2D eigenvalue weighted by Gasteiger charge is -2.40. The van der Waals surface area contributed by atoms with Crippen molar-refractivity contribution in [1.82, 2.24) is 9.80 Å². The molecule has 5 nitrogen and oxygen atoms in total. The van der Waals surface area contributed by atoms with Gasteiger partial charge in [-0.15, -0.1) is 0 Å². The summed E-state index contributed by atoms with van der Waals surface area (Å²) in [5, 5.41) is 9.05. The minimum atomic E-state index is -0.943. The Hall–Kier alpha value is -1.88. The van der Waals surface area contributed by atoms with Crippen molar-refractivity contribution >= 4 is 11.9 Å². The third-order valence-corrected chi connectivity index (χ3v) is 4.83. The van der Waals surface area contributed by atoms with Crippen LogP contribution in [0.3, 0.4) is 0 Å². The van der Waals surface area contributed by atoms with Crippen LogP contribution in [0.1, 0.15) is 38.7 Å². The highest BCUT2D eigenvalue weighted by atomic mass is 16.4. The zero-order valence-corrected chi connectivity index (χ0v) is 14.7. The molecule has 1 amide bonds. The van der Waals surface area contributed by atoms with E-state index in [0.29, 0.717) is 6.54 Å². The van der Waals surface area contributed by atoms with Gasteiger partial charge in [-0.2, -0.15) is 0 Å². The molecule has 0 saturated carbocycles. The molecule has 1 N–H and O–H groups in total. The number of nitrogens with zero attached hydrogens (tertiary/aromatic N) is 2. The van der Waals surface area contributed by atoms with Gasteiger partial charge in [0.25, 0.3) is 0 Å². The normalized spacial score (nSPS) is 17.4. The third kappa shape index (κ3) is 4.81. The number of aliphatic carboxylic acids is 1. The molecule has 0 unspecified atom stereocenters. The Morgan fingerprint density at radius 3 is 2.38 bits per heavy atom. The highest BCUT2D eigenvalue weighted by Gasteiger charge is 2.39. The quantitative estimate of drug-likeness (QED) is 0.834. The van der Waals surface area contributed by atoms with Crippen LogP contribution in [-0.2, 0) is 16.1 Å². The van der Waals surface area contributed by atoms with Crippen LogP contribution < -0.4 is 0 Å². The van der Waals surface area contributed by atoms with E-state index in [2.05, 4.69) is 17.0 Å². The zero-order valence-electron chi connectivity index (χ0n) is 14.7. The molecule has 0 spiro atoms. The molecule has 0 radical (unpaired) electrons. The largest absolute Gasteiger partial charge is 0.480 e. The molecular weight excluding hydrogens is 304 g/mol. The van der Waals surface area contributed by atoms with Gasteiger partial charge in [0.1, 0.15) is 6.54 Å². The Balaban J connectivity index is 1.94. The molecule has 1 aliphatic heterocycles. The number of hydrogen-bond acceptors (Lipinski definition) is 3. The Morgan fingerprint density at radius 1 is 1.21 bits per heavy atom. The van der Waals surface area contributed by atoms with Gasteiger partial charge in [0.15, 0.2) is 0 Å². The van der Waals surface area contributed by atoms with Gasteiger partial charge >= 0.3 is 5.97 Å². The third-order valence-electron chi connectivity index (χ3n) is 4.83. The van der Waals surface area contributed by atoms with E-state index in [-0.39, 0.29) is 12.5 Å². The van der Waals surface area contributed by atoms with E-state index >= 15 is 0 Å². The van der Waals surface area contributed by atoms with E-state index < -0.39 is 11.4 Å². The van der Waals surface area contributed by atoms with Crippen molar-refractivity contribution in [3.8, 4) is 0 Å². The Morgan fingerprint density at radius 2 is 1.83 bits per heavy atom. The summed E-state index contributed by atoms with van der Waals surface area (Å²) in [6.07, 6.45) is 2.33. The molecular formula is C19H28N2O3. The molecule has 0 bridgehead atoms. The molecule has 1 heterocycles. The molecule has 0 atom stereocenters. The van der Waals surface area contributed by atoms with Crippen LogP contribution in [-0.4, -0.2) is 53.0 Å². The lowest BCUT2D eigenvalue weighted by molar-refractivity contribution is -0.151. The number of benzene rings is 1. The van der Waals surface area contributed by atoms with Crippen molar-refractivity contribution in [2.24, 2.45) is 5.41 Å². The van der Waals surface area contributed by atoms with Gasteiger partial charge in [-0.3, -0.25) is 14.5 Å². The molecule has 1 aliphatic rings. The van der Waals surface area contributed by atoms with Crippen molar-refractivity contribution in [3.05, 3.63) is 35.9 Å². The fourth-order valence-corrected chi connectivity index (χ4v) is 3.33. The van der Waals surface area contributed by atoms with Gasteiger partial charge < -0.3 is 10.0 Å². The monoisotopic (exact) mass is 332 g/mol. The van der Waals surface area contributed by atoms with Crippen LogP contribution in [0.5, 0.6) is 0 Å². The van der Waals surface area contributed by atoms with Crippen molar-refractivity contribution in [3.63, 3.8) is 0 Å². The molecule has 0 aliphatic carbocycles. The lowest BCUT2D eigenvalue weighted by Crippen LogP contribution is -2.50. The SMILES string of the molecule is CCCN(CC(=O)O)C(=O)C1(C)CCN(Cc2ccccc2)CC1. The summed E-state index contributed by atoms with van der Waals surface area (Å²) in [5.41, 5.74) is 0.837. The molecule has 5 heteroatoms. The van der Waals surface area contributed by atoms with Gasteiger partial charge in [0.2, 0.25) is 5.91 Å². The zero-order chi connectivity index (χ0) is 17.6. The maximum Gasteiger partial charge on any atom is 0.323 e. The Kier molecular flexibility index (Phi) is 6.37. The predicted molar refractivity (Wildman–Crippen MR) is 93.6 cm³/mol. The van der Waals surface area contributed by atoms with Crippen molar-refractivity contribution < 1.29 is 14.7 Å². The topological polar surface area (TPSA) is 60.9 Å². The fourth-order valence-electron chi connectivity index (χ4n) is 3.33. The molecule has 24 heavy (non-hydrogen) atoms. The first kappa shape index (κ1) is 18.5. The minimum Gasteiger partial charge on any atom is -0.480 e. The molecule has 1 saturated heterocycles. The first-order valence-electron chi connectivity index (χ1n) is 8.72. The molecule has 1 fully saturated rings. The highest BCUT2D eigenvalue weighted by Crippen LogP contribution is 2.33. The minimum absolute atomic E-state index is 0.00823. The van der Waals surface area contributed by atoms with Gasteiger partial charge in [0.05, 0.1) is 0 Å². The summed E-state index contributed by atoms with van der Waals surface area (Å²) in [6.45, 7) is 6.89. The molecule has 2 rings (SSSR count). The van der Waals surface area contributed by atoms with E-state index in [0.717, 1.165) is 38.9 Å². The first-order chi connectivity index (χ1) is 11.4. The molecule has 1 aromatic carbocycles. The second-order valence-electron chi connectivity index (χ2n) is 6.94.